The number of Topliss-reactive ketones (excluding diaryl/α,β-unsaturated/α-hetero) is 1. The van der Waals surface area contributed by atoms with Crippen molar-refractivity contribution in [2.45, 2.75) is 12.5 Å². The molecular weight excluding hydrogens is 208 g/mol. The predicted octanol–water partition coefficient (Wildman–Crippen LogP) is 0.0806. The summed E-state index contributed by atoms with van der Waals surface area (Å²) in [5.74, 6) is -0.333. The number of rotatable bonds is 5. The van der Waals surface area contributed by atoms with E-state index in [0.717, 1.165) is 0 Å². The van der Waals surface area contributed by atoms with Crippen LogP contribution in [0.15, 0.2) is 24.3 Å². The highest BCUT2D eigenvalue weighted by molar-refractivity contribution is 5.99. The lowest BCUT2D eigenvalue weighted by Gasteiger charge is -2.07. The lowest BCUT2D eigenvalue weighted by Crippen LogP contribution is -2.38. The predicted molar refractivity (Wildman–Crippen MR) is 59.1 cm³/mol. The van der Waals surface area contributed by atoms with Crippen LogP contribution in [0.5, 0.6) is 5.75 Å². The first kappa shape index (κ1) is 12.2. The Morgan fingerprint density at radius 2 is 2.12 bits per heavy atom. The molecule has 0 aliphatic heterocycles. The molecule has 4 N–H and O–H groups in total. The molecule has 1 unspecified atom stereocenters. The van der Waals surface area contributed by atoms with Crippen LogP contribution in [0.4, 0.5) is 0 Å². The van der Waals surface area contributed by atoms with Crippen LogP contribution in [0.1, 0.15) is 16.8 Å². The van der Waals surface area contributed by atoms with Gasteiger partial charge in [0, 0.05) is 12.0 Å². The van der Waals surface area contributed by atoms with Crippen molar-refractivity contribution in [2.75, 3.05) is 7.11 Å². The number of amides is 1. The van der Waals surface area contributed by atoms with E-state index in [0.29, 0.717) is 11.3 Å². The number of primary amides is 1. The van der Waals surface area contributed by atoms with Crippen molar-refractivity contribution in [2.24, 2.45) is 11.5 Å². The number of nitrogens with two attached hydrogens (primary N) is 2. The lowest BCUT2D eigenvalue weighted by atomic mass is 10.0. The van der Waals surface area contributed by atoms with Gasteiger partial charge in [0.05, 0.1) is 13.2 Å². The molecule has 5 nitrogen and oxygen atoms in total. The van der Waals surface area contributed by atoms with Crippen LogP contribution in [0, 0.1) is 0 Å². The van der Waals surface area contributed by atoms with Crippen LogP contribution in [0.2, 0.25) is 0 Å². The van der Waals surface area contributed by atoms with Gasteiger partial charge in [-0.2, -0.15) is 0 Å². The highest BCUT2D eigenvalue weighted by Crippen LogP contribution is 2.14. The van der Waals surface area contributed by atoms with E-state index in [-0.39, 0.29) is 12.2 Å². The van der Waals surface area contributed by atoms with Gasteiger partial charge in [-0.3, -0.25) is 9.59 Å². The molecule has 16 heavy (non-hydrogen) atoms. The Kier molecular flexibility index (Phi) is 4.02. The Hall–Kier alpha value is -1.88. The maximum atomic E-state index is 11.7. The summed E-state index contributed by atoms with van der Waals surface area (Å²) in [6, 6.07) is 5.71. The first-order valence-electron chi connectivity index (χ1n) is 4.76. The van der Waals surface area contributed by atoms with E-state index in [4.69, 9.17) is 16.2 Å². The Bertz CT molecular complexity index is 404. The van der Waals surface area contributed by atoms with E-state index in [1.165, 1.54) is 7.11 Å². The molecular formula is C11H14N2O3. The van der Waals surface area contributed by atoms with Crippen LogP contribution in [-0.4, -0.2) is 24.8 Å². The summed E-state index contributed by atoms with van der Waals surface area (Å²) in [5, 5.41) is 0. The fourth-order valence-electron chi connectivity index (χ4n) is 1.21. The van der Waals surface area contributed by atoms with Gasteiger partial charge in [0.25, 0.3) is 0 Å². The van der Waals surface area contributed by atoms with Crippen LogP contribution in [-0.2, 0) is 4.79 Å². The first-order valence-corrected chi connectivity index (χ1v) is 4.76. The molecule has 0 bridgehead atoms. The fraction of sp³-hybridized carbons (Fsp3) is 0.273. The van der Waals surface area contributed by atoms with Crippen molar-refractivity contribution < 1.29 is 14.3 Å². The summed E-state index contributed by atoms with van der Waals surface area (Å²) < 4.78 is 4.98. The molecule has 0 fully saturated rings. The topological polar surface area (TPSA) is 95.4 Å². The highest BCUT2D eigenvalue weighted by atomic mass is 16.5. The van der Waals surface area contributed by atoms with Gasteiger partial charge in [0.2, 0.25) is 5.91 Å². The third-order valence-electron chi connectivity index (χ3n) is 2.16. The molecule has 0 aliphatic rings. The van der Waals surface area contributed by atoms with Gasteiger partial charge in [0.1, 0.15) is 5.75 Å². The van der Waals surface area contributed by atoms with Crippen molar-refractivity contribution in [1.29, 1.82) is 0 Å². The molecule has 0 saturated heterocycles. The lowest BCUT2D eigenvalue weighted by molar-refractivity contribution is -0.119. The Morgan fingerprint density at radius 1 is 1.44 bits per heavy atom. The van der Waals surface area contributed by atoms with Crippen LogP contribution >= 0.6 is 0 Å². The first-order chi connectivity index (χ1) is 7.54. The smallest absolute Gasteiger partial charge is 0.234 e. The molecule has 86 valence electrons. The zero-order chi connectivity index (χ0) is 12.1. The second kappa shape index (κ2) is 5.27. The number of hydrogen-bond donors (Lipinski definition) is 2. The summed E-state index contributed by atoms with van der Waals surface area (Å²) >= 11 is 0. The molecule has 0 heterocycles. The monoisotopic (exact) mass is 222 g/mol. The minimum absolute atomic E-state index is 0.0947. The summed E-state index contributed by atoms with van der Waals surface area (Å²) in [6.07, 6.45) is -0.0947. The number of ether oxygens (including phenoxy) is 1. The maximum Gasteiger partial charge on any atom is 0.234 e. The molecule has 0 radical (unpaired) electrons. The molecule has 0 spiro atoms. The van der Waals surface area contributed by atoms with E-state index in [1.54, 1.807) is 24.3 Å². The van der Waals surface area contributed by atoms with Gasteiger partial charge in [-0.15, -0.1) is 0 Å². The molecule has 1 atom stereocenters. The molecule has 1 amide bonds. The number of carbonyl (C=O) groups is 2. The van der Waals surface area contributed by atoms with Gasteiger partial charge in [-0.25, -0.2) is 0 Å². The number of carbonyl (C=O) groups excluding carboxylic acids is 2. The fourth-order valence-corrected chi connectivity index (χ4v) is 1.21. The van der Waals surface area contributed by atoms with Gasteiger partial charge in [-0.05, 0) is 12.1 Å². The standard InChI is InChI=1S/C11H14N2O3/c1-16-8-4-2-3-7(5-8)10(14)6-9(12)11(13)15/h2-5,9H,6,12H2,1H3,(H2,13,15). The average molecular weight is 222 g/mol. The number of hydrogen-bond acceptors (Lipinski definition) is 4. The number of methoxy groups -OCH3 is 1. The van der Waals surface area contributed by atoms with Crippen LogP contribution in [0.3, 0.4) is 0 Å². The molecule has 0 saturated carbocycles. The largest absolute Gasteiger partial charge is 0.497 e. The molecule has 1 rings (SSSR count). The second-order valence-corrected chi connectivity index (χ2v) is 3.37. The average Bonchev–Trinajstić information content (AvgIpc) is 2.28. The second-order valence-electron chi connectivity index (χ2n) is 3.37. The zero-order valence-corrected chi connectivity index (χ0v) is 8.97. The number of ketones is 1. The Labute approximate surface area is 93.4 Å². The van der Waals surface area contributed by atoms with Crippen LogP contribution in [0.25, 0.3) is 0 Å². The summed E-state index contributed by atoms with van der Waals surface area (Å²) in [5.41, 5.74) is 10.8. The molecule has 5 heteroatoms. The number of benzene rings is 1. The van der Waals surface area contributed by atoms with Gasteiger partial charge >= 0.3 is 0 Å². The normalized spacial score (nSPS) is 11.9. The van der Waals surface area contributed by atoms with Crippen molar-refractivity contribution in [3.05, 3.63) is 29.8 Å². The molecule has 1 aromatic rings. The Morgan fingerprint density at radius 3 is 2.69 bits per heavy atom. The summed E-state index contributed by atoms with van der Waals surface area (Å²) in [4.78, 5) is 22.4. The van der Waals surface area contributed by atoms with E-state index in [9.17, 15) is 9.59 Å². The maximum absolute atomic E-state index is 11.7. The quantitative estimate of drug-likeness (QED) is 0.689. The van der Waals surface area contributed by atoms with Crippen molar-refractivity contribution in [3.63, 3.8) is 0 Å². The van der Waals surface area contributed by atoms with E-state index < -0.39 is 11.9 Å². The Balaban J connectivity index is 2.76. The van der Waals surface area contributed by atoms with Crippen LogP contribution < -0.4 is 16.2 Å². The summed E-state index contributed by atoms with van der Waals surface area (Å²) in [7, 11) is 1.51. The highest BCUT2D eigenvalue weighted by Gasteiger charge is 2.16. The third-order valence-corrected chi connectivity index (χ3v) is 2.16. The minimum Gasteiger partial charge on any atom is -0.497 e. The molecule has 0 aliphatic carbocycles. The van der Waals surface area contributed by atoms with E-state index >= 15 is 0 Å². The molecule has 1 aromatic carbocycles. The van der Waals surface area contributed by atoms with E-state index in [1.807, 2.05) is 0 Å². The van der Waals surface area contributed by atoms with Gasteiger partial charge in [-0.1, -0.05) is 12.1 Å². The van der Waals surface area contributed by atoms with Crippen molar-refractivity contribution in [3.8, 4) is 5.75 Å². The van der Waals surface area contributed by atoms with Crippen molar-refractivity contribution >= 4 is 11.7 Å². The summed E-state index contributed by atoms with van der Waals surface area (Å²) in [6.45, 7) is 0. The van der Waals surface area contributed by atoms with Gasteiger partial charge in [0.15, 0.2) is 5.78 Å². The van der Waals surface area contributed by atoms with E-state index in [2.05, 4.69) is 0 Å². The zero-order valence-electron chi connectivity index (χ0n) is 8.97. The molecule has 0 aromatic heterocycles. The minimum atomic E-state index is -0.946. The van der Waals surface area contributed by atoms with Gasteiger partial charge < -0.3 is 16.2 Å². The van der Waals surface area contributed by atoms with Crippen molar-refractivity contribution in [1.82, 2.24) is 0 Å². The SMILES string of the molecule is COc1cccc(C(=O)CC(N)C(N)=O)c1. The third kappa shape index (κ3) is 3.06.